The summed E-state index contributed by atoms with van der Waals surface area (Å²) in [7, 11) is 6.43. The summed E-state index contributed by atoms with van der Waals surface area (Å²) in [6.07, 6.45) is 11.5. The molecule has 3 heteroatoms. The average molecular weight is 350 g/mol. The van der Waals surface area contributed by atoms with E-state index >= 15 is 0 Å². The fourth-order valence-electron chi connectivity index (χ4n) is 5.76. The normalized spacial score (nSPS) is 38.9. The highest BCUT2D eigenvalue weighted by atomic mass is 31.2. The molecule has 0 bridgehead atoms. The maximum Gasteiger partial charge on any atom is 0.252 e. The summed E-state index contributed by atoms with van der Waals surface area (Å²) in [6.45, 7) is 19.4. The maximum absolute atomic E-state index is 6.73. The Labute approximate surface area is 148 Å². The van der Waals surface area contributed by atoms with Gasteiger partial charge in [-0.15, -0.1) is 0 Å². The summed E-state index contributed by atoms with van der Waals surface area (Å²) >= 11 is 0. The summed E-state index contributed by atoms with van der Waals surface area (Å²) < 4.78 is 0. The van der Waals surface area contributed by atoms with Gasteiger partial charge in [-0.3, -0.25) is 0 Å². The molecule has 0 aromatic carbocycles. The lowest BCUT2D eigenvalue weighted by atomic mass is 9.59. The second-order valence-corrected chi connectivity index (χ2v) is 15.4. The van der Waals surface area contributed by atoms with Gasteiger partial charge in [-0.25, -0.2) is 0 Å². The van der Waals surface area contributed by atoms with Gasteiger partial charge in [0.2, 0.25) is 0 Å². The van der Waals surface area contributed by atoms with Gasteiger partial charge in [0.15, 0.2) is 0 Å². The summed E-state index contributed by atoms with van der Waals surface area (Å²) in [5, 5.41) is 0.323. The first-order valence-electron chi connectivity index (χ1n) is 9.16. The van der Waals surface area contributed by atoms with Crippen molar-refractivity contribution in [3.63, 3.8) is 0 Å². The molecule has 0 aromatic heterocycles. The summed E-state index contributed by atoms with van der Waals surface area (Å²) in [6, 6.07) is 0. The van der Waals surface area contributed by atoms with E-state index in [1.54, 1.807) is 0 Å². The van der Waals surface area contributed by atoms with Crippen LogP contribution in [0.4, 0.5) is 0 Å². The smallest absolute Gasteiger partial charge is 0.0682 e. The Kier molecular flexibility index (Phi) is 4.90. The van der Waals surface area contributed by atoms with Crippen LogP contribution in [0, 0.1) is 28.1 Å². The molecule has 0 nitrogen and oxygen atoms in total. The largest absolute Gasteiger partial charge is 0.252 e. The van der Waals surface area contributed by atoms with E-state index < -0.39 is 0 Å². The van der Waals surface area contributed by atoms with Gasteiger partial charge in [-0.05, 0) is 55.3 Å². The number of rotatable bonds is 6. The quantitative estimate of drug-likeness (QED) is 0.393. The third kappa shape index (κ3) is 2.64. The molecular weight excluding hydrogens is 313 g/mol. The van der Waals surface area contributed by atoms with Gasteiger partial charge in [0.05, 0.1) is 20.4 Å². The summed E-state index contributed by atoms with van der Waals surface area (Å²) in [5.74, 6) is 2.95. The molecule has 2 rings (SSSR count). The SMILES string of the molecule is [B][C@@H]1[C@H]2C(C)(C)[C@@]2(CC(C)(C)[P+](=C)C[P+](=C)CC)[C@@H](C)C1(C)C. The van der Waals surface area contributed by atoms with Crippen molar-refractivity contribution in [2.45, 2.75) is 72.8 Å². The number of hydrogen-bond acceptors (Lipinski definition) is 0. The fourth-order valence-corrected chi connectivity index (χ4v) is 10.5. The van der Waals surface area contributed by atoms with Crippen molar-refractivity contribution in [1.82, 2.24) is 0 Å². The Hall–Kier alpha value is 0.405. The van der Waals surface area contributed by atoms with Gasteiger partial charge in [0, 0.05) is 0 Å². The molecule has 2 aliphatic carbocycles. The van der Waals surface area contributed by atoms with Crippen molar-refractivity contribution in [3.05, 3.63) is 0 Å². The number of fused-ring (bicyclic) bond motifs is 1. The zero-order valence-electron chi connectivity index (χ0n) is 16.7. The van der Waals surface area contributed by atoms with Crippen LogP contribution in [-0.4, -0.2) is 37.7 Å². The average Bonchev–Trinajstić information content (AvgIpc) is 2.85. The molecule has 2 aliphatic rings. The Morgan fingerprint density at radius 3 is 2.09 bits per heavy atom. The van der Waals surface area contributed by atoms with Crippen molar-refractivity contribution >= 4 is 35.5 Å². The molecule has 6 atom stereocenters. The van der Waals surface area contributed by atoms with Crippen LogP contribution in [0.1, 0.15) is 61.8 Å². The lowest BCUT2D eigenvalue weighted by molar-refractivity contribution is 0.121. The van der Waals surface area contributed by atoms with Crippen LogP contribution in [0.3, 0.4) is 0 Å². The molecule has 23 heavy (non-hydrogen) atoms. The molecule has 2 radical (unpaired) electrons. The van der Waals surface area contributed by atoms with E-state index in [1.165, 1.54) is 18.5 Å². The van der Waals surface area contributed by atoms with Crippen LogP contribution in [0.5, 0.6) is 0 Å². The van der Waals surface area contributed by atoms with Gasteiger partial charge in [-0.2, -0.15) is 0 Å². The molecule has 0 heterocycles. The second kappa shape index (κ2) is 5.71. The minimum absolute atomic E-state index is 0.0740. The summed E-state index contributed by atoms with van der Waals surface area (Å²) in [4.78, 5) is 0. The predicted molar refractivity (Wildman–Crippen MR) is 114 cm³/mol. The fraction of sp³-hybridized carbons (Fsp3) is 0.900. The van der Waals surface area contributed by atoms with E-state index in [9.17, 15) is 0 Å². The first-order valence-corrected chi connectivity index (χ1v) is 12.8. The molecule has 0 N–H and O–H groups in total. The highest BCUT2D eigenvalue weighted by molar-refractivity contribution is 7.73. The van der Waals surface area contributed by atoms with Crippen molar-refractivity contribution in [3.8, 4) is 0 Å². The molecule has 128 valence electrons. The van der Waals surface area contributed by atoms with Crippen LogP contribution >= 0.6 is 15.1 Å². The molecule has 0 amide bonds. The van der Waals surface area contributed by atoms with E-state index in [-0.39, 0.29) is 20.5 Å². The molecule has 0 aromatic rings. The van der Waals surface area contributed by atoms with E-state index in [4.69, 9.17) is 7.85 Å². The molecular formula is C20H37BP2+2. The third-order valence-electron chi connectivity index (χ3n) is 7.95. The second-order valence-electron chi connectivity index (χ2n) is 9.97. The van der Waals surface area contributed by atoms with Gasteiger partial charge in [0.25, 0.3) is 5.90 Å². The summed E-state index contributed by atoms with van der Waals surface area (Å²) in [5.41, 5.74) is 1.05. The predicted octanol–water partition coefficient (Wildman–Crippen LogP) is 6.24. The lowest BCUT2D eigenvalue weighted by Crippen LogP contribution is -2.35. The Morgan fingerprint density at radius 1 is 1.13 bits per heavy atom. The monoisotopic (exact) mass is 350 g/mol. The van der Waals surface area contributed by atoms with Crippen molar-refractivity contribution in [2.75, 3.05) is 12.1 Å². The van der Waals surface area contributed by atoms with E-state index in [1.807, 2.05) is 0 Å². The van der Waals surface area contributed by atoms with Gasteiger partial charge in [-0.1, -0.05) is 40.4 Å². The Morgan fingerprint density at radius 2 is 1.65 bits per heavy atom. The third-order valence-corrected chi connectivity index (χ3v) is 13.7. The molecule has 0 spiro atoms. The minimum Gasteiger partial charge on any atom is -0.0682 e. The van der Waals surface area contributed by atoms with Crippen molar-refractivity contribution in [1.29, 1.82) is 0 Å². The zero-order valence-corrected chi connectivity index (χ0v) is 18.5. The number of hydrogen-bond donors (Lipinski definition) is 0. The van der Waals surface area contributed by atoms with Crippen LogP contribution < -0.4 is 0 Å². The van der Waals surface area contributed by atoms with Crippen LogP contribution in [0.15, 0.2) is 0 Å². The lowest BCUT2D eigenvalue weighted by Gasteiger charge is -2.41. The van der Waals surface area contributed by atoms with Crippen molar-refractivity contribution < 1.29 is 0 Å². The highest BCUT2D eigenvalue weighted by Gasteiger charge is 2.81. The first kappa shape index (κ1) is 19.7. The zero-order chi connectivity index (χ0) is 18.0. The standard InChI is InChI=1S/C20H37BP2/c1-11-22(9)13-23(10)17(3,4)12-20-14(2)18(5,6)16(21)15(20)19(20,7)8/h14-16H,9-13H2,1-8H3/q+2/t14-,15-,16+,20-/m0/s1. The molecule has 2 saturated carbocycles. The van der Waals surface area contributed by atoms with Crippen LogP contribution in [-0.2, 0) is 0 Å². The van der Waals surface area contributed by atoms with Gasteiger partial charge >= 0.3 is 0 Å². The van der Waals surface area contributed by atoms with Crippen LogP contribution in [0.25, 0.3) is 0 Å². The highest BCUT2D eigenvalue weighted by Crippen LogP contribution is 2.87. The molecule has 2 unspecified atom stereocenters. The topological polar surface area (TPSA) is 0 Å². The van der Waals surface area contributed by atoms with Crippen molar-refractivity contribution in [2.24, 2.45) is 28.1 Å². The maximum atomic E-state index is 6.73. The molecule has 0 aliphatic heterocycles. The first-order chi connectivity index (χ1) is 10.3. The Balaban J connectivity index is 2.28. The molecule has 2 fully saturated rings. The minimum atomic E-state index is -0.221. The van der Waals surface area contributed by atoms with Gasteiger partial charge < -0.3 is 0 Å². The van der Waals surface area contributed by atoms with Gasteiger partial charge in [0.1, 0.15) is 26.4 Å². The Bertz CT molecular complexity index is 528. The van der Waals surface area contributed by atoms with E-state index in [0.29, 0.717) is 33.6 Å². The van der Waals surface area contributed by atoms with E-state index in [0.717, 1.165) is 0 Å². The van der Waals surface area contributed by atoms with Crippen LogP contribution in [0.2, 0.25) is 5.82 Å². The molecule has 0 saturated heterocycles. The van der Waals surface area contributed by atoms with E-state index in [2.05, 4.69) is 68.0 Å².